The van der Waals surface area contributed by atoms with E-state index in [2.05, 4.69) is 10.4 Å². The second-order valence-electron chi connectivity index (χ2n) is 7.38. The van der Waals surface area contributed by atoms with Gasteiger partial charge in [0.2, 0.25) is 0 Å². The minimum atomic E-state index is -1.87. The number of ether oxygens (including phenoxy) is 1. The Morgan fingerprint density at radius 2 is 1.86 bits per heavy atom. The summed E-state index contributed by atoms with van der Waals surface area (Å²) in [4.78, 5) is 29.7. The monoisotopic (exact) mass is 403 g/mol. The second kappa shape index (κ2) is 8.58. The van der Waals surface area contributed by atoms with Crippen LogP contribution in [0, 0.1) is 12.7 Å². The average molecular weight is 403 g/mol. The maximum atomic E-state index is 14.4. The lowest BCUT2D eigenvalue weighted by atomic mass is 9.80. The molecule has 0 radical (unpaired) electrons. The zero-order valence-electron chi connectivity index (χ0n) is 16.9. The fourth-order valence-electron chi connectivity index (χ4n) is 2.61. The number of hydrogen-bond donors (Lipinski definition) is 3. The van der Waals surface area contributed by atoms with Crippen LogP contribution >= 0.6 is 0 Å². The minimum absolute atomic E-state index is 0.0940. The Labute approximate surface area is 168 Å². The van der Waals surface area contributed by atoms with Crippen molar-refractivity contribution in [1.82, 2.24) is 15.4 Å². The van der Waals surface area contributed by atoms with Gasteiger partial charge in [0.25, 0.3) is 11.8 Å². The molecule has 0 spiro atoms. The third-order valence-corrected chi connectivity index (χ3v) is 4.24. The molecule has 154 valence electrons. The molecule has 0 aliphatic carbocycles. The number of nitrogens with one attached hydrogen (secondary N) is 1. The SMILES string of the molecule is COc1cncc(C(=O)NN(C(=O)c2ccc(B(O)O)cc2F)C(C)(C)C)c1C. The summed E-state index contributed by atoms with van der Waals surface area (Å²) in [5.74, 6) is -1.94. The summed E-state index contributed by atoms with van der Waals surface area (Å²) in [7, 11) is -0.414. The van der Waals surface area contributed by atoms with Crippen molar-refractivity contribution < 1.29 is 28.8 Å². The molecule has 2 amide bonds. The van der Waals surface area contributed by atoms with Crippen LogP contribution < -0.4 is 15.6 Å². The highest BCUT2D eigenvalue weighted by Gasteiger charge is 2.32. The summed E-state index contributed by atoms with van der Waals surface area (Å²) in [6.45, 7) is 6.69. The van der Waals surface area contributed by atoms with Gasteiger partial charge in [0.15, 0.2) is 0 Å². The Morgan fingerprint density at radius 1 is 1.21 bits per heavy atom. The van der Waals surface area contributed by atoms with Gasteiger partial charge in [0.1, 0.15) is 11.6 Å². The van der Waals surface area contributed by atoms with Gasteiger partial charge in [-0.15, -0.1) is 0 Å². The summed E-state index contributed by atoms with van der Waals surface area (Å²) < 4.78 is 19.6. The highest BCUT2D eigenvalue weighted by atomic mass is 19.1. The Balaban J connectivity index is 2.38. The molecule has 1 aromatic heterocycles. The zero-order chi connectivity index (χ0) is 21.9. The molecule has 29 heavy (non-hydrogen) atoms. The van der Waals surface area contributed by atoms with Gasteiger partial charge in [0, 0.05) is 11.8 Å². The zero-order valence-corrected chi connectivity index (χ0v) is 16.9. The van der Waals surface area contributed by atoms with Gasteiger partial charge in [0.05, 0.1) is 30.0 Å². The molecule has 10 heteroatoms. The first-order valence-corrected chi connectivity index (χ1v) is 8.77. The number of amides is 2. The molecule has 1 heterocycles. The maximum Gasteiger partial charge on any atom is 0.488 e. The second-order valence-corrected chi connectivity index (χ2v) is 7.38. The normalized spacial score (nSPS) is 11.0. The Kier molecular flexibility index (Phi) is 6.60. The van der Waals surface area contributed by atoms with E-state index in [9.17, 15) is 14.0 Å². The van der Waals surface area contributed by atoms with Crippen LogP contribution in [0.5, 0.6) is 5.75 Å². The highest BCUT2D eigenvalue weighted by Crippen LogP contribution is 2.21. The van der Waals surface area contributed by atoms with Gasteiger partial charge in [-0.1, -0.05) is 6.07 Å². The van der Waals surface area contributed by atoms with E-state index in [0.717, 1.165) is 17.1 Å². The summed E-state index contributed by atoms with van der Waals surface area (Å²) in [6, 6.07) is 3.21. The predicted octanol–water partition coefficient (Wildman–Crippen LogP) is 0.803. The van der Waals surface area contributed by atoms with E-state index in [1.54, 1.807) is 27.7 Å². The van der Waals surface area contributed by atoms with Crippen LogP contribution in [-0.4, -0.2) is 51.6 Å². The molecule has 0 bridgehead atoms. The minimum Gasteiger partial charge on any atom is -0.495 e. The van der Waals surface area contributed by atoms with Crippen molar-refractivity contribution in [3.63, 3.8) is 0 Å². The number of hydrazine groups is 1. The topological polar surface area (TPSA) is 112 Å². The van der Waals surface area contributed by atoms with Gasteiger partial charge in [-0.3, -0.25) is 20.0 Å². The number of carbonyl (C=O) groups is 2. The first-order chi connectivity index (χ1) is 13.5. The van der Waals surface area contributed by atoms with Crippen molar-refractivity contribution in [3.8, 4) is 5.75 Å². The fraction of sp³-hybridized carbons (Fsp3) is 0.316. The Morgan fingerprint density at radius 3 is 2.38 bits per heavy atom. The fourth-order valence-corrected chi connectivity index (χ4v) is 2.61. The van der Waals surface area contributed by atoms with Crippen LogP contribution in [0.15, 0.2) is 30.6 Å². The van der Waals surface area contributed by atoms with Crippen LogP contribution in [0.4, 0.5) is 4.39 Å². The first kappa shape index (κ1) is 22.3. The quantitative estimate of drug-likeness (QED) is 0.515. The number of carbonyl (C=O) groups excluding carboxylic acids is 2. The van der Waals surface area contributed by atoms with E-state index < -0.39 is 30.3 Å². The lowest BCUT2D eigenvalue weighted by molar-refractivity contribution is 0.0354. The van der Waals surface area contributed by atoms with Crippen LogP contribution in [0.3, 0.4) is 0 Å². The molecule has 3 N–H and O–H groups in total. The first-order valence-electron chi connectivity index (χ1n) is 8.77. The van der Waals surface area contributed by atoms with Gasteiger partial charge in [-0.25, -0.2) is 9.40 Å². The van der Waals surface area contributed by atoms with E-state index in [4.69, 9.17) is 14.8 Å². The summed E-state index contributed by atoms with van der Waals surface area (Å²) >= 11 is 0. The van der Waals surface area contributed by atoms with E-state index in [1.807, 2.05) is 0 Å². The predicted molar refractivity (Wildman–Crippen MR) is 105 cm³/mol. The lowest BCUT2D eigenvalue weighted by Crippen LogP contribution is -2.56. The average Bonchev–Trinajstić information content (AvgIpc) is 2.64. The molecule has 0 aliphatic rings. The van der Waals surface area contributed by atoms with Crippen molar-refractivity contribution in [2.45, 2.75) is 33.2 Å². The van der Waals surface area contributed by atoms with Gasteiger partial charge in [-0.2, -0.15) is 0 Å². The highest BCUT2D eigenvalue weighted by molar-refractivity contribution is 6.58. The summed E-state index contributed by atoms with van der Waals surface area (Å²) in [5.41, 5.74) is 1.93. The molecule has 2 aromatic rings. The van der Waals surface area contributed by atoms with E-state index in [-0.39, 0.29) is 16.6 Å². The third-order valence-electron chi connectivity index (χ3n) is 4.24. The van der Waals surface area contributed by atoms with Crippen LogP contribution in [-0.2, 0) is 0 Å². The third kappa shape index (κ3) is 4.90. The molecule has 0 saturated carbocycles. The molecular formula is C19H23BFN3O5. The molecular weight excluding hydrogens is 380 g/mol. The molecule has 0 unspecified atom stereocenters. The molecule has 2 rings (SSSR count). The smallest absolute Gasteiger partial charge is 0.488 e. The molecule has 8 nitrogen and oxygen atoms in total. The van der Waals surface area contributed by atoms with Crippen LogP contribution in [0.1, 0.15) is 47.1 Å². The van der Waals surface area contributed by atoms with E-state index >= 15 is 0 Å². The van der Waals surface area contributed by atoms with Crippen LogP contribution in [0.25, 0.3) is 0 Å². The van der Waals surface area contributed by atoms with Crippen molar-refractivity contribution in [2.75, 3.05) is 7.11 Å². The number of aromatic nitrogens is 1. The Bertz CT molecular complexity index is 931. The van der Waals surface area contributed by atoms with Crippen molar-refractivity contribution in [3.05, 3.63) is 53.1 Å². The van der Waals surface area contributed by atoms with Crippen molar-refractivity contribution in [2.24, 2.45) is 0 Å². The van der Waals surface area contributed by atoms with Crippen LogP contribution in [0.2, 0.25) is 0 Å². The standard InChI is InChI=1S/C19H23BFN3O5/c1-11-14(9-22-10-16(11)29-5)17(25)23-24(19(2,3)4)18(26)13-7-6-12(20(27)28)8-15(13)21/h6-10,27-28H,1-5H3,(H,23,25). The van der Waals surface area contributed by atoms with E-state index in [0.29, 0.717) is 11.3 Å². The summed E-state index contributed by atoms with van der Waals surface area (Å²) in [5, 5.41) is 19.3. The molecule has 0 saturated heterocycles. The largest absolute Gasteiger partial charge is 0.495 e. The molecule has 0 aliphatic heterocycles. The number of halogens is 1. The number of benzene rings is 1. The maximum absolute atomic E-state index is 14.4. The molecule has 1 aromatic carbocycles. The van der Waals surface area contributed by atoms with Gasteiger partial charge >= 0.3 is 7.12 Å². The van der Waals surface area contributed by atoms with E-state index in [1.165, 1.54) is 25.6 Å². The molecule has 0 atom stereocenters. The van der Waals surface area contributed by atoms with Gasteiger partial charge < -0.3 is 14.8 Å². The number of nitrogens with zero attached hydrogens (tertiary/aromatic N) is 2. The number of hydrogen-bond acceptors (Lipinski definition) is 6. The van der Waals surface area contributed by atoms with Crippen molar-refractivity contribution in [1.29, 1.82) is 0 Å². The molecule has 0 fully saturated rings. The van der Waals surface area contributed by atoms with Crippen molar-refractivity contribution >= 4 is 24.4 Å². The number of pyridine rings is 1. The van der Waals surface area contributed by atoms with Gasteiger partial charge in [-0.05, 0) is 45.3 Å². The summed E-state index contributed by atoms with van der Waals surface area (Å²) in [6.07, 6.45) is 2.81. The number of methoxy groups -OCH3 is 1. The Hall–Kier alpha value is -2.98. The number of rotatable bonds is 4. The lowest BCUT2D eigenvalue weighted by Gasteiger charge is -2.35.